The molecule has 2 heterocycles. The van der Waals surface area contributed by atoms with Crippen LogP contribution in [0.2, 0.25) is 0 Å². The molecule has 0 saturated carbocycles. The SMILES string of the molecule is Cn1cncc1CNc1ccccc1N1CCCCC1. The molecule has 20 heavy (non-hydrogen) atoms. The van der Waals surface area contributed by atoms with Gasteiger partial charge in [-0.05, 0) is 31.4 Å². The Labute approximate surface area is 120 Å². The Morgan fingerprint density at radius 3 is 2.70 bits per heavy atom. The Morgan fingerprint density at radius 1 is 1.15 bits per heavy atom. The lowest BCUT2D eigenvalue weighted by Gasteiger charge is -2.30. The second-order valence-corrected chi connectivity index (χ2v) is 5.41. The molecule has 0 amide bonds. The summed E-state index contributed by atoms with van der Waals surface area (Å²) in [5, 5.41) is 3.55. The number of hydrogen-bond acceptors (Lipinski definition) is 3. The third-order valence-electron chi connectivity index (χ3n) is 3.98. The third-order valence-corrected chi connectivity index (χ3v) is 3.98. The van der Waals surface area contributed by atoms with E-state index >= 15 is 0 Å². The van der Waals surface area contributed by atoms with E-state index < -0.39 is 0 Å². The molecule has 0 bridgehead atoms. The monoisotopic (exact) mass is 270 g/mol. The Morgan fingerprint density at radius 2 is 1.95 bits per heavy atom. The van der Waals surface area contributed by atoms with Crippen molar-refractivity contribution < 1.29 is 0 Å². The van der Waals surface area contributed by atoms with Crippen molar-refractivity contribution in [1.82, 2.24) is 9.55 Å². The van der Waals surface area contributed by atoms with Crippen LogP contribution >= 0.6 is 0 Å². The normalized spacial score (nSPS) is 15.3. The molecule has 1 N–H and O–H groups in total. The summed E-state index contributed by atoms with van der Waals surface area (Å²) in [6.07, 6.45) is 7.72. The van der Waals surface area contributed by atoms with Crippen LogP contribution in [0.4, 0.5) is 11.4 Å². The van der Waals surface area contributed by atoms with E-state index in [2.05, 4.69) is 44.0 Å². The molecule has 0 spiro atoms. The Hall–Kier alpha value is -1.97. The minimum Gasteiger partial charge on any atom is -0.378 e. The van der Waals surface area contributed by atoms with Gasteiger partial charge in [0.25, 0.3) is 0 Å². The molecule has 1 aliphatic rings. The van der Waals surface area contributed by atoms with Gasteiger partial charge in [0.05, 0.1) is 29.9 Å². The lowest BCUT2D eigenvalue weighted by atomic mass is 10.1. The van der Waals surface area contributed by atoms with Gasteiger partial charge >= 0.3 is 0 Å². The number of hydrogen-bond donors (Lipinski definition) is 1. The number of nitrogens with one attached hydrogen (secondary N) is 1. The zero-order chi connectivity index (χ0) is 13.8. The van der Waals surface area contributed by atoms with E-state index in [-0.39, 0.29) is 0 Å². The summed E-state index contributed by atoms with van der Waals surface area (Å²) < 4.78 is 2.05. The number of imidazole rings is 1. The minimum absolute atomic E-state index is 0.807. The van der Waals surface area contributed by atoms with E-state index in [1.165, 1.54) is 49.4 Å². The molecule has 0 aliphatic carbocycles. The maximum atomic E-state index is 4.16. The first kappa shape index (κ1) is 13.0. The average Bonchev–Trinajstić information content (AvgIpc) is 2.92. The van der Waals surface area contributed by atoms with Gasteiger partial charge in [0.1, 0.15) is 0 Å². The number of anilines is 2. The van der Waals surface area contributed by atoms with Gasteiger partial charge in [0.15, 0.2) is 0 Å². The minimum atomic E-state index is 0.807. The van der Waals surface area contributed by atoms with Crippen molar-refractivity contribution in [3.8, 4) is 0 Å². The summed E-state index contributed by atoms with van der Waals surface area (Å²) >= 11 is 0. The first-order valence-corrected chi connectivity index (χ1v) is 7.37. The molecule has 1 saturated heterocycles. The van der Waals surface area contributed by atoms with Crippen LogP contribution in [0.5, 0.6) is 0 Å². The Balaban J connectivity index is 1.74. The number of para-hydroxylation sites is 2. The molecule has 1 aromatic carbocycles. The predicted octanol–water partition coefficient (Wildman–Crippen LogP) is 3.02. The highest BCUT2D eigenvalue weighted by Gasteiger charge is 2.14. The summed E-state index contributed by atoms with van der Waals surface area (Å²) in [6.45, 7) is 3.15. The zero-order valence-corrected chi connectivity index (χ0v) is 12.0. The fraction of sp³-hybridized carbons (Fsp3) is 0.438. The summed E-state index contributed by atoms with van der Waals surface area (Å²) in [4.78, 5) is 6.65. The van der Waals surface area contributed by atoms with Crippen molar-refractivity contribution in [2.75, 3.05) is 23.3 Å². The fourth-order valence-corrected chi connectivity index (χ4v) is 2.77. The average molecular weight is 270 g/mol. The number of nitrogens with zero attached hydrogens (tertiary/aromatic N) is 3. The second-order valence-electron chi connectivity index (χ2n) is 5.41. The predicted molar refractivity (Wildman–Crippen MR) is 83.0 cm³/mol. The summed E-state index contributed by atoms with van der Waals surface area (Å²) in [6, 6.07) is 8.61. The molecular weight excluding hydrogens is 248 g/mol. The smallest absolute Gasteiger partial charge is 0.0946 e. The van der Waals surface area contributed by atoms with E-state index in [1.807, 2.05) is 19.6 Å². The lowest BCUT2D eigenvalue weighted by molar-refractivity contribution is 0.578. The zero-order valence-electron chi connectivity index (χ0n) is 12.0. The highest BCUT2D eigenvalue weighted by atomic mass is 15.2. The van der Waals surface area contributed by atoms with Crippen LogP contribution in [0.15, 0.2) is 36.8 Å². The quantitative estimate of drug-likeness (QED) is 0.927. The Kier molecular flexibility index (Phi) is 3.90. The number of aryl methyl sites for hydroxylation is 1. The van der Waals surface area contributed by atoms with E-state index in [4.69, 9.17) is 0 Å². The van der Waals surface area contributed by atoms with Crippen molar-refractivity contribution in [2.45, 2.75) is 25.8 Å². The number of benzene rings is 1. The van der Waals surface area contributed by atoms with Crippen LogP contribution in [0.25, 0.3) is 0 Å². The van der Waals surface area contributed by atoms with Gasteiger partial charge < -0.3 is 14.8 Å². The Bertz CT molecular complexity index is 555. The molecule has 0 unspecified atom stereocenters. The summed E-state index contributed by atoms with van der Waals surface area (Å²) in [7, 11) is 2.03. The van der Waals surface area contributed by atoms with E-state index in [1.54, 1.807) is 0 Å². The van der Waals surface area contributed by atoms with Crippen molar-refractivity contribution in [3.05, 3.63) is 42.5 Å². The van der Waals surface area contributed by atoms with Gasteiger partial charge in [-0.3, -0.25) is 0 Å². The van der Waals surface area contributed by atoms with Gasteiger partial charge in [0, 0.05) is 26.3 Å². The van der Waals surface area contributed by atoms with E-state index in [0.29, 0.717) is 0 Å². The molecular formula is C16H22N4. The van der Waals surface area contributed by atoms with Crippen molar-refractivity contribution in [1.29, 1.82) is 0 Å². The topological polar surface area (TPSA) is 33.1 Å². The molecule has 4 heteroatoms. The van der Waals surface area contributed by atoms with Crippen LogP contribution in [-0.4, -0.2) is 22.6 Å². The number of rotatable bonds is 4. The van der Waals surface area contributed by atoms with E-state index in [9.17, 15) is 0 Å². The summed E-state index contributed by atoms with van der Waals surface area (Å²) in [5.74, 6) is 0. The van der Waals surface area contributed by atoms with Gasteiger partial charge in [0.2, 0.25) is 0 Å². The molecule has 1 aromatic heterocycles. The standard InChI is InChI=1S/C16H22N4/c1-19-13-17-11-14(19)12-18-15-7-3-4-8-16(15)20-9-5-2-6-10-20/h3-4,7-8,11,13,18H,2,5-6,9-10,12H2,1H3. The molecule has 4 nitrogen and oxygen atoms in total. The molecule has 2 aromatic rings. The fourth-order valence-electron chi connectivity index (χ4n) is 2.77. The number of aromatic nitrogens is 2. The van der Waals surface area contributed by atoms with Crippen LogP contribution < -0.4 is 10.2 Å². The van der Waals surface area contributed by atoms with Crippen molar-refractivity contribution in [3.63, 3.8) is 0 Å². The third kappa shape index (κ3) is 2.79. The first-order valence-electron chi connectivity index (χ1n) is 7.37. The van der Waals surface area contributed by atoms with E-state index in [0.717, 1.165) is 6.54 Å². The van der Waals surface area contributed by atoms with Gasteiger partial charge in [-0.15, -0.1) is 0 Å². The molecule has 106 valence electrons. The van der Waals surface area contributed by atoms with Gasteiger partial charge in [-0.25, -0.2) is 4.98 Å². The first-order chi connectivity index (χ1) is 9.84. The van der Waals surface area contributed by atoms with Crippen LogP contribution in [-0.2, 0) is 13.6 Å². The van der Waals surface area contributed by atoms with Crippen LogP contribution in [0.3, 0.4) is 0 Å². The molecule has 3 rings (SSSR count). The van der Waals surface area contributed by atoms with Gasteiger partial charge in [-0.2, -0.15) is 0 Å². The molecule has 1 fully saturated rings. The van der Waals surface area contributed by atoms with Crippen molar-refractivity contribution in [2.24, 2.45) is 7.05 Å². The lowest BCUT2D eigenvalue weighted by Crippen LogP contribution is -2.30. The maximum Gasteiger partial charge on any atom is 0.0946 e. The maximum absolute atomic E-state index is 4.16. The van der Waals surface area contributed by atoms with Gasteiger partial charge in [-0.1, -0.05) is 12.1 Å². The highest BCUT2D eigenvalue weighted by Crippen LogP contribution is 2.28. The molecule has 0 radical (unpaired) electrons. The largest absolute Gasteiger partial charge is 0.378 e. The van der Waals surface area contributed by atoms with Crippen LogP contribution in [0, 0.1) is 0 Å². The molecule has 1 aliphatic heterocycles. The highest BCUT2D eigenvalue weighted by molar-refractivity contribution is 5.70. The number of piperidine rings is 1. The van der Waals surface area contributed by atoms with Crippen molar-refractivity contribution >= 4 is 11.4 Å². The molecule has 0 atom stereocenters. The summed E-state index contributed by atoms with van der Waals surface area (Å²) in [5.41, 5.74) is 3.74. The second kappa shape index (κ2) is 5.99. The van der Waals surface area contributed by atoms with Crippen LogP contribution in [0.1, 0.15) is 25.0 Å².